The standard InChI is InChI=1S/C19H21NO3/c1-13(2)23-18-9-7-15(8-10-18)11-19(22)20-17-6-4-5-16(12-17)14(3)21/h4-10,12-13H,11H2,1-3H3,(H,20,22). The minimum atomic E-state index is -0.122. The van der Waals surface area contributed by atoms with Crippen LogP contribution < -0.4 is 10.1 Å². The fraction of sp³-hybridized carbons (Fsp3) is 0.263. The predicted molar refractivity (Wildman–Crippen MR) is 91.0 cm³/mol. The van der Waals surface area contributed by atoms with Crippen LogP contribution in [0, 0.1) is 0 Å². The summed E-state index contributed by atoms with van der Waals surface area (Å²) in [4.78, 5) is 23.5. The van der Waals surface area contributed by atoms with Crippen molar-refractivity contribution in [3.63, 3.8) is 0 Å². The first-order valence-corrected chi connectivity index (χ1v) is 7.60. The van der Waals surface area contributed by atoms with Crippen LogP contribution in [0.25, 0.3) is 0 Å². The summed E-state index contributed by atoms with van der Waals surface area (Å²) in [5, 5.41) is 2.81. The number of carbonyl (C=O) groups is 2. The van der Waals surface area contributed by atoms with Gasteiger partial charge in [-0.15, -0.1) is 0 Å². The number of hydrogen-bond acceptors (Lipinski definition) is 3. The van der Waals surface area contributed by atoms with Gasteiger partial charge in [0.15, 0.2) is 5.78 Å². The maximum atomic E-state index is 12.1. The molecule has 0 heterocycles. The molecular weight excluding hydrogens is 290 g/mol. The van der Waals surface area contributed by atoms with Crippen LogP contribution in [0.1, 0.15) is 36.7 Å². The Bertz CT molecular complexity index is 690. The van der Waals surface area contributed by atoms with E-state index in [1.165, 1.54) is 6.92 Å². The van der Waals surface area contributed by atoms with Crippen LogP contribution in [0.4, 0.5) is 5.69 Å². The number of nitrogens with one attached hydrogen (secondary N) is 1. The average molecular weight is 311 g/mol. The first-order chi connectivity index (χ1) is 10.9. The smallest absolute Gasteiger partial charge is 0.228 e. The number of rotatable bonds is 6. The Kier molecular flexibility index (Phi) is 5.52. The topological polar surface area (TPSA) is 55.4 Å². The van der Waals surface area contributed by atoms with E-state index in [0.29, 0.717) is 11.3 Å². The molecule has 1 N–H and O–H groups in total. The van der Waals surface area contributed by atoms with Crippen LogP contribution in [-0.4, -0.2) is 17.8 Å². The van der Waals surface area contributed by atoms with Gasteiger partial charge in [-0.1, -0.05) is 24.3 Å². The molecule has 23 heavy (non-hydrogen) atoms. The van der Waals surface area contributed by atoms with E-state index in [0.717, 1.165) is 11.3 Å². The van der Waals surface area contributed by atoms with Crippen LogP contribution in [-0.2, 0) is 11.2 Å². The molecule has 0 saturated carbocycles. The summed E-state index contributed by atoms with van der Waals surface area (Å²) in [6, 6.07) is 14.4. The molecule has 2 aromatic rings. The third-order valence-electron chi connectivity index (χ3n) is 3.21. The fourth-order valence-electron chi connectivity index (χ4n) is 2.16. The molecule has 0 atom stereocenters. The Morgan fingerprint density at radius 1 is 1.09 bits per heavy atom. The van der Waals surface area contributed by atoms with Gasteiger partial charge in [0.1, 0.15) is 5.75 Å². The van der Waals surface area contributed by atoms with E-state index in [9.17, 15) is 9.59 Å². The number of benzene rings is 2. The highest BCUT2D eigenvalue weighted by Crippen LogP contribution is 2.15. The molecule has 2 rings (SSSR count). The van der Waals surface area contributed by atoms with E-state index >= 15 is 0 Å². The van der Waals surface area contributed by atoms with Gasteiger partial charge >= 0.3 is 0 Å². The Labute approximate surface area is 136 Å². The zero-order chi connectivity index (χ0) is 16.8. The summed E-state index contributed by atoms with van der Waals surface area (Å²) in [6.45, 7) is 5.44. The lowest BCUT2D eigenvalue weighted by atomic mass is 10.1. The van der Waals surface area contributed by atoms with Gasteiger partial charge in [0.05, 0.1) is 12.5 Å². The van der Waals surface area contributed by atoms with Crippen molar-refractivity contribution in [3.8, 4) is 5.75 Å². The summed E-state index contributed by atoms with van der Waals surface area (Å²) >= 11 is 0. The summed E-state index contributed by atoms with van der Waals surface area (Å²) in [5.74, 6) is 0.642. The third kappa shape index (κ3) is 5.25. The number of Topliss-reactive ketones (excluding diaryl/α,β-unsaturated/α-hetero) is 1. The van der Waals surface area contributed by atoms with E-state index in [1.807, 2.05) is 38.1 Å². The number of ether oxygens (including phenoxy) is 1. The second-order valence-corrected chi connectivity index (χ2v) is 5.67. The van der Waals surface area contributed by atoms with Crippen molar-refractivity contribution >= 4 is 17.4 Å². The Morgan fingerprint density at radius 2 is 1.78 bits per heavy atom. The molecule has 0 spiro atoms. The quantitative estimate of drug-likeness (QED) is 0.824. The molecular formula is C19H21NO3. The molecule has 4 heteroatoms. The first-order valence-electron chi connectivity index (χ1n) is 7.60. The van der Waals surface area contributed by atoms with Crippen LogP contribution in [0.3, 0.4) is 0 Å². The summed E-state index contributed by atoms with van der Waals surface area (Å²) in [6.07, 6.45) is 0.393. The number of hydrogen-bond donors (Lipinski definition) is 1. The van der Waals surface area contributed by atoms with Crippen LogP contribution >= 0.6 is 0 Å². The molecule has 1 amide bonds. The molecule has 0 fully saturated rings. The highest BCUT2D eigenvalue weighted by atomic mass is 16.5. The van der Waals surface area contributed by atoms with Gasteiger partial charge in [0.2, 0.25) is 5.91 Å². The van der Waals surface area contributed by atoms with E-state index in [2.05, 4.69) is 5.32 Å². The Balaban J connectivity index is 1.96. The molecule has 0 unspecified atom stereocenters. The van der Waals surface area contributed by atoms with Gasteiger partial charge in [0, 0.05) is 11.3 Å². The lowest BCUT2D eigenvalue weighted by Crippen LogP contribution is -2.14. The highest BCUT2D eigenvalue weighted by molar-refractivity contribution is 5.97. The molecule has 0 aliphatic heterocycles. The van der Waals surface area contributed by atoms with Gasteiger partial charge in [-0.25, -0.2) is 0 Å². The largest absolute Gasteiger partial charge is 0.491 e. The van der Waals surface area contributed by atoms with Crippen LogP contribution in [0.15, 0.2) is 48.5 Å². The number of ketones is 1. The molecule has 0 radical (unpaired) electrons. The molecule has 120 valence electrons. The Morgan fingerprint density at radius 3 is 2.39 bits per heavy atom. The van der Waals surface area contributed by atoms with E-state index < -0.39 is 0 Å². The zero-order valence-electron chi connectivity index (χ0n) is 13.6. The van der Waals surface area contributed by atoms with Gasteiger partial charge in [0.25, 0.3) is 0 Å². The van der Waals surface area contributed by atoms with Gasteiger partial charge in [-0.05, 0) is 50.6 Å². The van der Waals surface area contributed by atoms with Crippen molar-refractivity contribution in [2.24, 2.45) is 0 Å². The monoisotopic (exact) mass is 311 g/mol. The maximum Gasteiger partial charge on any atom is 0.228 e. The van der Waals surface area contributed by atoms with E-state index in [1.54, 1.807) is 24.3 Å². The highest BCUT2D eigenvalue weighted by Gasteiger charge is 2.07. The SMILES string of the molecule is CC(=O)c1cccc(NC(=O)Cc2ccc(OC(C)C)cc2)c1. The molecule has 0 aromatic heterocycles. The lowest BCUT2D eigenvalue weighted by molar-refractivity contribution is -0.115. The fourth-order valence-corrected chi connectivity index (χ4v) is 2.16. The molecule has 4 nitrogen and oxygen atoms in total. The average Bonchev–Trinajstić information content (AvgIpc) is 2.49. The lowest BCUT2D eigenvalue weighted by Gasteiger charge is -2.10. The Hall–Kier alpha value is -2.62. The molecule has 0 aliphatic carbocycles. The van der Waals surface area contributed by atoms with Gasteiger partial charge in [-0.2, -0.15) is 0 Å². The van der Waals surface area contributed by atoms with Crippen molar-refractivity contribution in [1.29, 1.82) is 0 Å². The van der Waals surface area contributed by atoms with Crippen LogP contribution in [0.2, 0.25) is 0 Å². The first kappa shape index (κ1) is 16.7. The van der Waals surface area contributed by atoms with Crippen molar-refractivity contribution in [1.82, 2.24) is 0 Å². The van der Waals surface area contributed by atoms with Gasteiger partial charge in [-0.3, -0.25) is 9.59 Å². The van der Waals surface area contributed by atoms with Crippen molar-refractivity contribution in [2.45, 2.75) is 33.3 Å². The minimum Gasteiger partial charge on any atom is -0.491 e. The number of carbonyl (C=O) groups excluding carboxylic acids is 2. The van der Waals surface area contributed by atoms with Crippen molar-refractivity contribution < 1.29 is 14.3 Å². The second-order valence-electron chi connectivity index (χ2n) is 5.67. The normalized spacial score (nSPS) is 10.4. The zero-order valence-corrected chi connectivity index (χ0v) is 13.6. The van der Waals surface area contributed by atoms with E-state index in [4.69, 9.17) is 4.74 Å². The summed E-state index contributed by atoms with van der Waals surface area (Å²) in [7, 11) is 0. The predicted octanol–water partition coefficient (Wildman–Crippen LogP) is 3.86. The van der Waals surface area contributed by atoms with Gasteiger partial charge < -0.3 is 10.1 Å². The number of amides is 1. The van der Waals surface area contributed by atoms with Crippen molar-refractivity contribution in [3.05, 3.63) is 59.7 Å². The minimum absolute atomic E-state index is 0.0261. The van der Waals surface area contributed by atoms with E-state index in [-0.39, 0.29) is 24.2 Å². The molecule has 0 bridgehead atoms. The molecule has 0 saturated heterocycles. The van der Waals surface area contributed by atoms with Crippen LogP contribution in [0.5, 0.6) is 5.75 Å². The second kappa shape index (κ2) is 7.58. The maximum absolute atomic E-state index is 12.1. The van der Waals surface area contributed by atoms with Crippen molar-refractivity contribution in [2.75, 3.05) is 5.32 Å². The molecule has 2 aromatic carbocycles. The molecule has 0 aliphatic rings. The third-order valence-corrected chi connectivity index (χ3v) is 3.21. The number of anilines is 1. The summed E-state index contributed by atoms with van der Waals surface area (Å²) < 4.78 is 5.57. The summed E-state index contributed by atoms with van der Waals surface area (Å²) in [5.41, 5.74) is 2.11.